The molecule has 3 aromatic heterocycles. The Hall–Kier alpha value is -3.25. The molecule has 5 rings (SSSR count). The molecule has 1 aliphatic carbocycles. The molecule has 30 heavy (non-hydrogen) atoms. The first-order valence-electron chi connectivity index (χ1n) is 9.58. The molecular formula is C18H20N8O3S. The van der Waals surface area contributed by atoms with Gasteiger partial charge in [0.15, 0.2) is 5.03 Å². The van der Waals surface area contributed by atoms with Crippen molar-refractivity contribution in [2.24, 2.45) is 5.14 Å². The molecule has 0 radical (unpaired) electrons. The van der Waals surface area contributed by atoms with E-state index in [1.807, 2.05) is 10.6 Å². The third kappa shape index (κ3) is 2.95. The number of anilines is 3. The zero-order valence-electron chi connectivity index (χ0n) is 15.9. The van der Waals surface area contributed by atoms with Crippen LogP contribution in [0.1, 0.15) is 32.1 Å². The zero-order chi connectivity index (χ0) is 20.9. The van der Waals surface area contributed by atoms with Gasteiger partial charge < -0.3 is 5.32 Å². The Morgan fingerprint density at radius 2 is 1.90 bits per heavy atom. The van der Waals surface area contributed by atoms with Crippen LogP contribution in [0.4, 0.5) is 17.5 Å². The summed E-state index contributed by atoms with van der Waals surface area (Å²) < 4.78 is 24.7. The van der Waals surface area contributed by atoms with E-state index in [1.165, 1.54) is 18.3 Å². The molecule has 1 spiro atoms. The van der Waals surface area contributed by atoms with Crippen LogP contribution < -0.4 is 21.3 Å². The number of hydrogen-bond acceptors (Lipinski definition) is 8. The summed E-state index contributed by atoms with van der Waals surface area (Å²) in [6.07, 6.45) is 7.60. The van der Waals surface area contributed by atoms with Gasteiger partial charge in [0.2, 0.25) is 5.95 Å². The highest BCUT2D eigenvalue weighted by atomic mass is 32.2. The number of sulfonamides is 1. The van der Waals surface area contributed by atoms with Gasteiger partial charge in [0, 0.05) is 11.6 Å². The third-order valence-electron chi connectivity index (χ3n) is 5.66. The molecule has 4 heterocycles. The Labute approximate surface area is 172 Å². The summed E-state index contributed by atoms with van der Waals surface area (Å²) >= 11 is 0. The van der Waals surface area contributed by atoms with Crippen molar-refractivity contribution in [3.8, 4) is 0 Å². The van der Waals surface area contributed by atoms with E-state index in [1.54, 1.807) is 6.20 Å². The van der Waals surface area contributed by atoms with Crippen molar-refractivity contribution in [1.29, 1.82) is 0 Å². The number of carbonyl (C=O) groups excluding carboxylic acids is 1. The van der Waals surface area contributed by atoms with E-state index in [9.17, 15) is 13.2 Å². The standard InChI is InChI=1S/C18H20N8O3S/c19-30(28,29)14-5-4-12(10-20-14)22-17-21-9-11-8-13-24-25-16(27)18(6-2-1-3-7-18)26(13)15(11)23-17/h4-5,8-10,24H,1-3,6-7H2,(H,25,27)(H2,19,28,29)(H,21,22,23). The van der Waals surface area contributed by atoms with Crippen molar-refractivity contribution < 1.29 is 13.2 Å². The van der Waals surface area contributed by atoms with Crippen LogP contribution in [0, 0.1) is 0 Å². The van der Waals surface area contributed by atoms with E-state index in [4.69, 9.17) is 5.14 Å². The molecule has 12 heteroatoms. The zero-order valence-corrected chi connectivity index (χ0v) is 16.7. The molecule has 156 valence electrons. The quantitative estimate of drug-likeness (QED) is 0.487. The monoisotopic (exact) mass is 428 g/mol. The molecule has 0 unspecified atom stereocenters. The first-order valence-corrected chi connectivity index (χ1v) is 11.1. The summed E-state index contributed by atoms with van der Waals surface area (Å²) in [5.74, 6) is 1.03. The number of amides is 1. The van der Waals surface area contributed by atoms with Crippen LogP contribution in [0.5, 0.6) is 0 Å². The lowest BCUT2D eigenvalue weighted by Crippen LogP contribution is -2.55. The van der Waals surface area contributed by atoms with E-state index in [0.717, 1.165) is 43.3 Å². The van der Waals surface area contributed by atoms with Gasteiger partial charge >= 0.3 is 0 Å². The average Bonchev–Trinajstić information content (AvgIpc) is 3.10. The van der Waals surface area contributed by atoms with Crippen molar-refractivity contribution in [2.75, 3.05) is 10.7 Å². The number of nitrogens with zero attached hydrogens (tertiary/aromatic N) is 4. The van der Waals surface area contributed by atoms with Gasteiger partial charge in [-0.2, -0.15) is 4.98 Å². The van der Waals surface area contributed by atoms with E-state index >= 15 is 0 Å². The molecule has 1 amide bonds. The lowest BCUT2D eigenvalue weighted by atomic mass is 9.80. The van der Waals surface area contributed by atoms with Gasteiger partial charge in [0.05, 0.1) is 11.9 Å². The number of hydrogen-bond donors (Lipinski definition) is 4. The smallest absolute Gasteiger partial charge is 0.264 e. The normalized spacial score (nSPS) is 18.0. The van der Waals surface area contributed by atoms with Crippen molar-refractivity contribution in [3.63, 3.8) is 0 Å². The van der Waals surface area contributed by atoms with Crippen LogP contribution in [-0.4, -0.2) is 33.8 Å². The summed E-state index contributed by atoms with van der Waals surface area (Å²) in [5, 5.41) is 8.69. The number of aromatic nitrogens is 4. The van der Waals surface area contributed by atoms with Crippen LogP contribution in [0.25, 0.3) is 11.0 Å². The maximum atomic E-state index is 12.8. The summed E-state index contributed by atoms with van der Waals surface area (Å²) in [4.78, 5) is 25.7. The molecular weight excluding hydrogens is 408 g/mol. The van der Waals surface area contributed by atoms with Gasteiger partial charge in [-0.05, 0) is 31.0 Å². The molecule has 2 aliphatic rings. The average molecular weight is 428 g/mol. The summed E-state index contributed by atoms with van der Waals surface area (Å²) in [5.41, 5.74) is 6.25. The molecule has 5 N–H and O–H groups in total. The SMILES string of the molecule is NS(=O)(=O)c1ccc(Nc2ncc3cc4n(c3n2)C2(CCCCC2)C(=O)NN4)cn1. The predicted molar refractivity (Wildman–Crippen MR) is 109 cm³/mol. The Kier molecular flexibility index (Phi) is 4.15. The maximum Gasteiger partial charge on any atom is 0.264 e. The van der Waals surface area contributed by atoms with Gasteiger partial charge in [0.1, 0.15) is 17.0 Å². The minimum absolute atomic E-state index is 0.0527. The largest absolute Gasteiger partial charge is 0.323 e. The Morgan fingerprint density at radius 3 is 2.60 bits per heavy atom. The number of carbonyl (C=O) groups is 1. The van der Waals surface area contributed by atoms with Gasteiger partial charge in [-0.25, -0.2) is 23.5 Å². The summed E-state index contributed by atoms with van der Waals surface area (Å²) in [6, 6.07) is 4.75. The predicted octanol–water partition coefficient (Wildman–Crippen LogP) is 1.33. The van der Waals surface area contributed by atoms with Gasteiger partial charge in [0.25, 0.3) is 15.9 Å². The van der Waals surface area contributed by atoms with E-state index < -0.39 is 15.6 Å². The van der Waals surface area contributed by atoms with Gasteiger partial charge in [-0.15, -0.1) is 0 Å². The third-order valence-corrected chi connectivity index (χ3v) is 6.48. The molecule has 1 aliphatic heterocycles. The van der Waals surface area contributed by atoms with Gasteiger partial charge in [-0.1, -0.05) is 19.3 Å². The molecule has 11 nitrogen and oxygen atoms in total. The van der Waals surface area contributed by atoms with Crippen molar-refractivity contribution in [3.05, 3.63) is 30.6 Å². The highest BCUT2D eigenvalue weighted by Gasteiger charge is 2.46. The Bertz CT molecular complexity index is 1250. The molecule has 0 atom stereocenters. The van der Waals surface area contributed by atoms with Crippen molar-refractivity contribution in [2.45, 2.75) is 42.7 Å². The van der Waals surface area contributed by atoms with Gasteiger partial charge in [-0.3, -0.25) is 20.2 Å². The number of hydrazine groups is 1. The maximum absolute atomic E-state index is 12.8. The van der Waals surface area contributed by atoms with E-state index in [-0.39, 0.29) is 10.9 Å². The van der Waals surface area contributed by atoms with Crippen LogP contribution in [0.3, 0.4) is 0 Å². The van der Waals surface area contributed by atoms with Crippen LogP contribution in [0.2, 0.25) is 0 Å². The highest BCUT2D eigenvalue weighted by molar-refractivity contribution is 7.89. The summed E-state index contributed by atoms with van der Waals surface area (Å²) in [7, 11) is -3.86. The van der Waals surface area contributed by atoms with Crippen molar-refractivity contribution in [1.82, 2.24) is 24.9 Å². The topological polar surface area (TPSA) is 157 Å². The van der Waals surface area contributed by atoms with Crippen LogP contribution in [-0.2, 0) is 20.4 Å². The minimum atomic E-state index is -3.86. The lowest BCUT2D eigenvalue weighted by molar-refractivity contribution is -0.131. The number of primary sulfonamides is 1. The lowest BCUT2D eigenvalue weighted by Gasteiger charge is -2.41. The molecule has 3 aromatic rings. The molecule has 0 bridgehead atoms. The van der Waals surface area contributed by atoms with Crippen LogP contribution in [0.15, 0.2) is 35.6 Å². The Morgan fingerprint density at radius 1 is 1.10 bits per heavy atom. The highest BCUT2D eigenvalue weighted by Crippen LogP contribution is 2.42. The molecule has 1 fully saturated rings. The second kappa shape index (κ2) is 6.64. The number of rotatable bonds is 3. The minimum Gasteiger partial charge on any atom is -0.323 e. The first kappa shape index (κ1) is 18.8. The number of nitrogens with two attached hydrogens (primary N) is 1. The second-order valence-corrected chi connectivity index (χ2v) is 9.07. The van der Waals surface area contributed by atoms with Crippen LogP contribution >= 0.6 is 0 Å². The van der Waals surface area contributed by atoms with Crippen molar-refractivity contribution >= 4 is 44.4 Å². The molecule has 1 saturated carbocycles. The first-order chi connectivity index (χ1) is 14.4. The fraction of sp³-hybridized carbons (Fsp3) is 0.333. The fourth-order valence-electron chi connectivity index (χ4n) is 4.25. The second-order valence-electron chi connectivity index (χ2n) is 7.56. The molecule has 0 aromatic carbocycles. The number of fused-ring (bicyclic) bond motifs is 4. The Balaban J connectivity index is 1.54. The van der Waals surface area contributed by atoms with E-state index in [2.05, 4.69) is 31.1 Å². The number of pyridine rings is 1. The fourth-order valence-corrected chi connectivity index (χ4v) is 4.71. The molecule has 0 saturated heterocycles. The summed E-state index contributed by atoms with van der Waals surface area (Å²) in [6.45, 7) is 0. The van der Waals surface area contributed by atoms with E-state index in [0.29, 0.717) is 17.3 Å². The number of nitrogens with one attached hydrogen (secondary N) is 3.